The van der Waals surface area contributed by atoms with Gasteiger partial charge in [0.05, 0.1) is 11.4 Å². The Morgan fingerprint density at radius 1 is 1.16 bits per heavy atom. The third-order valence-corrected chi connectivity index (χ3v) is 8.35. The number of sulfonamides is 1. The highest BCUT2D eigenvalue weighted by atomic mass is 35.5. The highest BCUT2D eigenvalue weighted by Gasteiger charge is 2.43. The van der Waals surface area contributed by atoms with E-state index >= 15 is 0 Å². The molecule has 0 aliphatic carbocycles. The van der Waals surface area contributed by atoms with Crippen LogP contribution in [-0.2, 0) is 19.6 Å². The van der Waals surface area contributed by atoms with Crippen LogP contribution in [0.5, 0.6) is 0 Å². The SMILES string of the molecule is CC(C)C[C@H](NC(=O)c1cc2ccccc2o1)C(=O)N(C1CCCNCC1=O)S(=O)(=O)c1cccc(Cl)c1. The minimum absolute atomic E-state index is 0.00764. The molecule has 3 aromatic rings. The van der Waals surface area contributed by atoms with Crippen molar-refractivity contribution in [2.75, 3.05) is 13.1 Å². The largest absolute Gasteiger partial charge is 0.451 e. The fourth-order valence-electron chi connectivity index (χ4n) is 4.51. The predicted molar refractivity (Wildman–Crippen MR) is 143 cm³/mol. The molecule has 2 atom stereocenters. The van der Waals surface area contributed by atoms with E-state index in [0.717, 1.165) is 0 Å². The molecule has 1 unspecified atom stereocenters. The summed E-state index contributed by atoms with van der Waals surface area (Å²) >= 11 is 6.07. The van der Waals surface area contributed by atoms with E-state index < -0.39 is 39.7 Å². The van der Waals surface area contributed by atoms with Gasteiger partial charge in [0, 0.05) is 10.4 Å². The third-order valence-electron chi connectivity index (χ3n) is 6.32. The van der Waals surface area contributed by atoms with E-state index in [1.807, 2.05) is 19.9 Å². The van der Waals surface area contributed by atoms with Crippen molar-refractivity contribution in [1.82, 2.24) is 14.9 Å². The molecule has 11 heteroatoms. The minimum Gasteiger partial charge on any atom is -0.451 e. The molecule has 0 radical (unpaired) electrons. The molecule has 2 heterocycles. The number of carbonyl (C=O) groups excluding carboxylic acids is 3. The average molecular weight is 560 g/mol. The number of halogens is 1. The molecule has 1 aromatic heterocycles. The highest BCUT2D eigenvalue weighted by Crippen LogP contribution is 2.27. The standard InChI is InChI=1S/C27H30ClN3O6S/c1-17(2)13-21(30-26(33)25-14-18-7-3-4-11-24(18)37-25)27(34)31(22-10-6-12-29-16-23(22)32)38(35,36)20-9-5-8-19(28)15-20/h3-5,7-9,11,14-15,17,21-22,29H,6,10,12-13,16H2,1-2H3,(H,30,33)/t21-,22?/m0/s1. The molecular formula is C27H30ClN3O6S. The van der Waals surface area contributed by atoms with E-state index in [4.69, 9.17) is 16.0 Å². The first-order chi connectivity index (χ1) is 18.1. The van der Waals surface area contributed by atoms with Crippen LogP contribution in [0.15, 0.2) is 63.9 Å². The number of nitrogens with one attached hydrogen (secondary N) is 2. The molecule has 0 bridgehead atoms. The number of nitrogens with zero attached hydrogens (tertiary/aromatic N) is 1. The maximum absolute atomic E-state index is 14.1. The van der Waals surface area contributed by atoms with E-state index in [9.17, 15) is 22.8 Å². The fourth-order valence-corrected chi connectivity index (χ4v) is 6.44. The van der Waals surface area contributed by atoms with Crippen LogP contribution >= 0.6 is 11.6 Å². The van der Waals surface area contributed by atoms with Crippen molar-refractivity contribution in [3.63, 3.8) is 0 Å². The number of hydrogen-bond donors (Lipinski definition) is 2. The molecule has 38 heavy (non-hydrogen) atoms. The second-order valence-corrected chi connectivity index (χ2v) is 12.0. The molecule has 202 valence electrons. The van der Waals surface area contributed by atoms with Gasteiger partial charge < -0.3 is 15.1 Å². The lowest BCUT2D eigenvalue weighted by molar-refractivity contribution is -0.135. The quantitative estimate of drug-likeness (QED) is 0.430. The van der Waals surface area contributed by atoms with E-state index in [1.165, 1.54) is 24.3 Å². The minimum atomic E-state index is -4.50. The summed E-state index contributed by atoms with van der Waals surface area (Å²) in [6.07, 6.45) is 0.792. The first-order valence-corrected chi connectivity index (χ1v) is 14.3. The molecule has 1 saturated heterocycles. The second-order valence-electron chi connectivity index (χ2n) is 9.70. The lowest BCUT2D eigenvalue weighted by Crippen LogP contribution is -2.56. The molecule has 2 amide bonds. The molecule has 2 aromatic carbocycles. The number of furan rings is 1. The van der Waals surface area contributed by atoms with E-state index in [0.29, 0.717) is 28.2 Å². The molecule has 1 aliphatic rings. The predicted octanol–water partition coefficient (Wildman–Crippen LogP) is 3.77. The van der Waals surface area contributed by atoms with E-state index in [-0.39, 0.29) is 41.0 Å². The zero-order chi connectivity index (χ0) is 27.4. The second kappa shape index (κ2) is 11.7. The van der Waals surface area contributed by atoms with Crippen molar-refractivity contribution < 1.29 is 27.2 Å². The summed E-state index contributed by atoms with van der Waals surface area (Å²) in [7, 11) is -4.50. The Labute approximate surface area is 226 Å². The Hall–Kier alpha value is -3.21. The average Bonchev–Trinajstić information content (AvgIpc) is 3.20. The molecule has 4 rings (SSSR count). The third kappa shape index (κ3) is 6.09. The van der Waals surface area contributed by atoms with Crippen molar-refractivity contribution in [3.8, 4) is 0 Å². The number of para-hydroxylation sites is 1. The van der Waals surface area contributed by atoms with Crippen LogP contribution in [0.4, 0.5) is 0 Å². The highest BCUT2D eigenvalue weighted by molar-refractivity contribution is 7.89. The number of hydrogen-bond acceptors (Lipinski definition) is 7. The van der Waals surface area contributed by atoms with Gasteiger partial charge in [0.25, 0.3) is 21.8 Å². The summed E-state index contributed by atoms with van der Waals surface area (Å²) in [5.74, 6) is -2.06. The van der Waals surface area contributed by atoms with Crippen LogP contribution in [0.1, 0.15) is 43.7 Å². The summed E-state index contributed by atoms with van der Waals surface area (Å²) in [5.41, 5.74) is 0.506. The molecule has 0 saturated carbocycles. The van der Waals surface area contributed by atoms with Gasteiger partial charge in [-0.05, 0) is 62.1 Å². The number of benzene rings is 2. The number of fused-ring (bicyclic) bond motifs is 1. The molecule has 1 fully saturated rings. The van der Waals surface area contributed by atoms with E-state index in [2.05, 4.69) is 10.6 Å². The van der Waals surface area contributed by atoms with Crippen molar-refractivity contribution >= 4 is 50.2 Å². The zero-order valence-corrected chi connectivity index (χ0v) is 22.7. The molecule has 9 nitrogen and oxygen atoms in total. The number of ketones is 1. The van der Waals surface area contributed by atoms with Gasteiger partial charge in [-0.15, -0.1) is 0 Å². The van der Waals surface area contributed by atoms with Gasteiger partial charge in [0.1, 0.15) is 17.7 Å². The Balaban J connectivity index is 1.73. The van der Waals surface area contributed by atoms with Crippen LogP contribution in [0.3, 0.4) is 0 Å². The van der Waals surface area contributed by atoms with Gasteiger partial charge in [-0.2, -0.15) is 0 Å². The summed E-state index contributed by atoms with van der Waals surface area (Å²) in [4.78, 5) is 40.1. The Morgan fingerprint density at radius 3 is 2.63 bits per heavy atom. The van der Waals surface area contributed by atoms with Crippen molar-refractivity contribution in [1.29, 1.82) is 0 Å². The van der Waals surface area contributed by atoms with Crippen LogP contribution < -0.4 is 10.6 Å². The Kier molecular flexibility index (Phi) is 8.54. The van der Waals surface area contributed by atoms with Gasteiger partial charge in [0.2, 0.25) is 0 Å². The van der Waals surface area contributed by atoms with Crippen LogP contribution in [-0.4, -0.2) is 55.5 Å². The maximum Gasteiger partial charge on any atom is 0.287 e. The lowest BCUT2D eigenvalue weighted by atomic mass is 10.0. The number of Topliss-reactive ketones (excluding diaryl/α,β-unsaturated/α-hetero) is 1. The molecule has 1 aliphatic heterocycles. The Bertz CT molecular complexity index is 1420. The molecule has 2 N–H and O–H groups in total. The van der Waals surface area contributed by atoms with Crippen molar-refractivity contribution in [2.24, 2.45) is 5.92 Å². The summed E-state index contributed by atoms with van der Waals surface area (Å²) in [5, 5.41) is 6.52. The monoisotopic (exact) mass is 559 g/mol. The Morgan fingerprint density at radius 2 is 1.92 bits per heavy atom. The van der Waals surface area contributed by atoms with Crippen LogP contribution in [0, 0.1) is 5.92 Å². The zero-order valence-electron chi connectivity index (χ0n) is 21.1. The van der Waals surface area contributed by atoms with Crippen LogP contribution in [0.2, 0.25) is 5.02 Å². The van der Waals surface area contributed by atoms with Crippen molar-refractivity contribution in [2.45, 2.75) is 50.1 Å². The fraction of sp³-hybridized carbons (Fsp3) is 0.370. The number of rotatable bonds is 8. The normalized spacial score (nSPS) is 17.3. The number of amides is 2. The van der Waals surface area contributed by atoms with Crippen molar-refractivity contribution in [3.05, 3.63) is 65.4 Å². The van der Waals surface area contributed by atoms with Gasteiger partial charge in [-0.25, -0.2) is 12.7 Å². The van der Waals surface area contributed by atoms with Gasteiger partial charge in [-0.3, -0.25) is 14.4 Å². The van der Waals surface area contributed by atoms with Gasteiger partial charge in [-0.1, -0.05) is 49.7 Å². The van der Waals surface area contributed by atoms with Crippen LogP contribution in [0.25, 0.3) is 11.0 Å². The first kappa shape index (κ1) is 27.8. The summed E-state index contributed by atoms with van der Waals surface area (Å²) in [6, 6.07) is 11.7. The first-order valence-electron chi connectivity index (χ1n) is 12.4. The van der Waals surface area contributed by atoms with Gasteiger partial charge in [0.15, 0.2) is 11.5 Å². The lowest BCUT2D eigenvalue weighted by Gasteiger charge is -2.33. The topological polar surface area (TPSA) is 126 Å². The molecule has 0 spiro atoms. The maximum atomic E-state index is 14.1. The number of carbonyl (C=O) groups is 3. The van der Waals surface area contributed by atoms with E-state index in [1.54, 1.807) is 24.3 Å². The summed E-state index contributed by atoms with van der Waals surface area (Å²) in [6.45, 7) is 4.15. The summed E-state index contributed by atoms with van der Waals surface area (Å²) < 4.78 is 34.1. The molecular weight excluding hydrogens is 530 g/mol. The van der Waals surface area contributed by atoms with Gasteiger partial charge >= 0.3 is 0 Å². The smallest absolute Gasteiger partial charge is 0.287 e.